The van der Waals surface area contributed by atoms with E-state index in [4.69, 9.17) is 0 Å². The average Bonchev–Trinajstić information content (AvgIpc) is 2.42. The molecule has 22 heavy (non-hydrogen) atoms. The lowest BCUT2D eigenvalue weighted by Crippen LogP contribution is -2.41. The number of hydrogen-bond acceptors (Lipinski definition) is 2. The molecule has 1 aromatic rings. The predicted octanol–water partition coefficient (Wildman–Crippen LogP) is 2.84. The third-order valence-corrected chi connectivity index (χ3v) is 3.83. The maximum Gasteiger partial charge on any atom is 0.416 e. The normalized spacial score (nSPS) is 16.7. The van der Waals surface area contributed by atoms with Crippen LogP contribution in [0.2, 0.25) is 0 Å². The van der Waals surface area contributed by atoms with Gasteiger partial charge in [-0.3, -0.25) is 0 Å². The predicted molar refractivity (Wildman–Crippen MR) is 75.1 cm³/mol. The maximum absolute atomic E-state index is 12.6. The van der Waals surface area contributed by atoms with E-state index >= 15 is 0 Å². The SMILES string of the molecule is O=C(NCC1CCC1)NC[C@@H](O)c1cccc(C(F)(F)F)c1. The van der Waals surface area contributed by atoms with Crippen LogP contribution in [0.4, 0.5) is 18.0 Å². The Bertz CT molecular complexity index is 516. The molecule has 7 heteroatoms. The Kier molecular flexibility index (Phi) is 5.28. The molecule has 1 aliphatic carbocycles. The number of benzene rings is 1. The van der Waals surface area contributed by atoms with Gasteiger partial charge in [0.1, 0.15) is 0 Å². The van der Waals surface area contributed by atoms with Crippen LogP contribution in [-0.2, 0) is 6.18 Å². The molecule has 2 rings (SSSR count). The molecule has 0 bridgehead atoms. The molecule has 1 fully saturated rings. The van der Waals surface area contributed by atoms with Crippen LogP contribution in [0.3, 0.4) is 0 Å². The van der Waals surface area contributed by atoms with E-state index in [9.17, 15) is 23.1 Å². The minimum atomic E-state index is -4.46. The van der Waals surface area contributed by atoms with Crippen LogP contribution in [0, 0.1) is 5.92 Å². The summed E-state index contributed by atoms with van der Waals surface area (Å²) >= 11 is 0. The number of rotatable bonds is 5. The van der Waals surface area contributed by atoms with Crippen molar-refractivity contribution >= 4 is 6.03 Å². The first-order valence-corrected chi connectivity index (χ1v) is 7.23. The van der Waals surface area contributed by atoms with Crippen LogP contribution < -0.4 is 10.6 Å². The number of aliphatic hydroxyl groups is 1. The largest absolute Gasteiger partial charge is 0.416 e. The first kappa shape index (κ1) is 16.6. The highest BCUT2D eigenvalue weighted by Crippen LogP contribution is 2.30. The highest BCUT2D eigenvalue weighted by molar-refractivity contribution is 5.73. The molecule has 4 nitrogen and oxygen atoms in total. The number of carbonyl (C=O) groups excluding carboxylic acids is 1. The second-order valence-corrected chi connectivity index (χ2v) is 5.53. The molecule has 1 aromatic carbocycles. The molecule has 0 spiro atoms. The fourth-order valence-electron chi connectivity index (χ4n) is 2.23. The van der Waals surface area contributed by atoms with Crippen molar-refractivity contribution in [3.8, 4) is 0 Å². The summed E-state index contributed by atoms with van der Waals surface area (Å²) in [5.74, 6) is 0.513. The maximum atomic E-state index is 12.6. The van der Waals surface area contributed by atoms with E-state index < -0.39 is 23.9 Å². The molecule has 0 unspecified atom stereocenters. The van der Waals surface area contributed by atoms with Gasteiger partial charge in [-0.25, -0.2) is 4.79 Å². The second-order valence-electron chi connectivity index (χ2n) is 5.53. The molecule has 1 aliphatic rings. The molecule has 0 heterocycles. The van der Waals surface area contributed by atoms with Crippen molar-refractivity contribution in [1.82, 2.24) is 10.6 Å². The zero-order valence-corrected chi connectivity index (χ0v) is 12.0. The third-order valence-electron chi connectivity index (χ3n) is 3.83. The van der Waals surface area contributed by atoms with Gasteiger partial charge in [-0.05, 0) is 36.5 Å². The molecular weight excluding hydrogens is 297 g/mol. The van der Waals surface area contributed by atoms with E-state index in [0.29, 0.717) is 12.5 Å². The Labute approximate surface area is 126 Å². The number of amides is 2. The van der Waals surface area contributed by atoms with Gasteiger partial charge < -0.3 is 15.7 Å². The van der Waals surface area contributed by atoms with E-state index in [1.165, 1.54) is 18.6 Å². The first-order chi connectivity index (χ1) is 10.4. The van der Waals surface area contributed by atoms with Gasteiger partial charge in [0.15, 0.2) is 0 Å². The summed E-state index contributed by atoms with van der Waals surface area (Å²) in [6.45, 7) is 0.448. The van der Waals surface area contributed by atoms with Gasteiger partial charge in [-0.15, -0.1) is 0 Å². The zero-order chi connectivity index (χ0) is 16.2. The molecule has 0 saturated heterocycles. The first-order valence-electron chi connectivity index (χ1n) is 7.23. The van der Waals surface area contributed by atoms with Crippen molar-refractivity contribution in [3.63, 3.8) is 0 Å². The van der Waals surface area contributed by atoms with Gasteiger partial charge in [-0.1, -0.05) is 18.6 Å². The number of aliphatic hydroxyl groups excluding tert-OH is 1. The molecule has 122 valence electrons. The van der Waals surface area contributed by atoms with Crippen molar-refractivity contribution in [2.24, 2.45) is 5.92 Å². The highest BCUT2D eigenvalue weighted by Gasteiger charge is 2.30. The number of halogens is 3. The molecule has 0 aliphatic heterocycles. The standard InChI is InChI=1S/C15H19F3N2O2/c16-15(17,18)12-6-2-5-11(7-12)13(21)9-20-14(22)19-8-10-3-1-4-10/h2,5-7,10,13,21H,1,3-4,8-9H2,(H2,19,20,22)/t13-/m1/s1. The van der Waals surface area contributed by atoms with Gasteiger partial charge in [0, 0.05) is 13.1 Å². The van der Waals surface area contributed by atoms with E-state index in [1.807, 2.05) is 0 Å². The van der Waals surface area contributed by atoms with Gasteiger partial charge in [-0.2, -0.15) is 13.2 Å². The Hall–Kier alpha value is -1.76. The van der Waals surface area contributed by atoms with Crippen molar-refractivity contribution in [2.45, 2.75) is 31.5 Å². The van der Waals surface area contributed by atoms with Crippen LogP contribution in [0.15, 0.2) is 24.3 Å². The van der Waals surface area contributed by atoms with Crippen molar-refractivity contribution < 1.29 is 23.1 Å². The van der Waals surface area contributed by atoms with Gasteiger partial charge in [0.25, 0.3) is 0 Å². The molecule has 1 atom stereocenters. The van der Waals surface area contributed by atoms with Gasteiger partial charge >= 0.3 is 12.2 Å². The summed E-state index contributed by atoms with van der Waals surface area (Å²) in [6, 6.07) is 4.04. The topological polar surface area (TPSA) is 61.4 Å². The van der Waals surface area contributed by atoms with Crippen molar-refractivity contribution in [1.29, 1.82) is 0 Å². The van der Waals surface area contributed by atoms with Crippen molar-refractivity contribution in [3.05, 3.63) is 35.4 Å². The molecule has 3 N–H and O–H groups in total. The molecule has 2 amide bonds. The minimum Gasteiger partial charge on any atom is -0.387 e. The summed E-state index contributed by atoms with van der Waals surface area (Å²) in [5.41, 5.74) is -0.701. The van der Waals surface area contributed by atoms with E-state index in [2.05, 4.69) is 10.6 Å². The Morgan fingerprint density at radius 1 is 1.32 bits per heavy atom. The van der Waals surface area contributed by atoms with Gasteiger partial charge in [0.05, 0.1) is 11.7 Å². The lowest BCUT2D eigenvalue weighted by molar-refractivity contribution is -0.137. The minimum absolute atomic E-state index is 0.120. The highest BCUT2D eigenvalue weighted by atomic mass is 19.4. The quantitative estimate of drug-likeness (QED) is 0.782. The van der Waals surface area contributed by atoms with E-state index in [1.54, 1.807) is 0 Å². The Morgan fingerprint density at radius 3 is 2.64 bits per heavy atom. The van der Waals surface area contributed by atoms with Crippen LogP contribution in [0.5, 0.6) is 0 Å². The Morgan fingerprint density at radius 2 is 2.05 bits per heavy atom. The van der Waals surface area contributed by atoms with Crippen LogP contribution in [-0.4, -0.2) is 24.2 Å². The van der Waals surface area contributed by atoms with Gasteiger partial charge in [0.2, 0.25) is 0 Å². The summed E-state index contributed by atoms with van der Waals surface area (Å²) in [4.78, 5) is 11.5. The number of hydrogen-bond donors (Lipinski definition) is 3. The summed E-state index contributed by atoms with van der Waals surface area (Å²) in [7, 11) is 0. The van der Waals surface area contributed by atoms with E-state index in [-0.39, 0.29) is 12.1 Å². The van der Waals surface area contributed by atoms with Crippen LogP contribution >= 0.6 is 0 Å². The van der Waals surface area contributed by atoms with Crippen molar-refractivity contribution in [2.75, 3.05) is 13.1 Å². The summed E-state index contributed by atoms with van der Waals surface area (Å²) < 4.78 is 37.8. The lowest BCUT2D eigenvalue weighted by Gasteiger charge is -2.25. The number of alkyl halides is 3. The third kappa shape index (κ3) is 4.62. The smallest absolute Gasteiger partial charge is 0.387 e. The average molecular weight is 316 g/mol. The summed E-state index contributed by atoms with van der Waals surface area (Å²) in [6.07, 6.45) is -2.25. The molecule has 0 radical (unpaired) electrons. The number of carbonyl (C=O) groups is 1. The number of nitrogens with one attached hydrogen (secondary N) is 2. The van der Waals surface area contributed by atoms with Crippen LogP contribution in [0.25, 0.3) is 0 Å². The fraction of sp³-hybridized carbons (Fsp3) is 0.533. The summed E-state index contributed by atoms with van der Waals surface area (Å²) in [5, 5.41) is 15.0. The number of urea groups is 1. The monoisotopic (exact) mass is 316 g/mol. The lowest BCUT2D eigenvalue weighted by atomic mass is 9.85. The van der Waals surface area contributed by atoms with E-state index in [0.717, 1.165) is 25.0 Å². The van der Waals surface area contributed by atoms with Crippen LogP contribution in [0.1, 0.15) is 36.5 Å². The fourth-order valence-corrected chi connectivity index (χ4v) is 2.23. The zero-order valence-electron chi connectivity index (χ0n) is 12.0. The molecule has 0 aromatic heterocycles. The molecular formula is C15H19F3N2O2. The second kappa shape index (κ2) is 7.00. The molecule has 1 saturated carbocycles. The Balaban J connectivity index is 1.81.